The van der Waals surface area contributed by atoms with E-state index in [1.807, 2.05) is 30.5 Å². The highest BCUT2D eigenvalue weighted by Gasteiger charge is 2.29. The molecular weight excluding hydrogens is 322 g/mol. The van der Waals surface area contributed by atoms with Gasteiger partial charge in [-0.05, 0) is 25.0 Å². The molecule has 2 aromatic rings. The molecule has 0 spiro atoms. The first-order valence-electron chi connectivity index (χ1n) is 8.22. The quantitative estimate of drug-likeness (QED) is 0.905. The van der Waals surface area contributed by atoms with E-state index >= 15 is 0 Å². The number of aromatic nitrogens is 1. The maximum atomic E-state index is 12.5. The molecule has 3 rings (SSSR count). The number of carbonyl (C=O) groups excluding carboxylic acids is 1. The van der Waals surface area contributed by atoms with E-state index in [1.165, 1.54) is 5.56 Å². The highest BCUT2D eigenvalue weighted by atomic mass is 32.1. The largest absolute Gasteiger partial charge is 0.368 e. The average molecular weight is 345 g/mol. The van der Waals surface area contributed by atoms with Crippen LogP contribution in [0, 0.1) is 6.92 Å². The number of nitrogens with one attached hydrogen (secondary N) is 1. The third-order valence-electron chi connectivity index (χ3n) is 4.47. The molecule has 1 aromatic heterocycles. The van der Waals surface area contributed by atoms with Crippen molar-refractivity contribution in [3.63, 3.8) is 0 Å². The lowest BCUT2D eigenvalue weighted by atomic mass is 10.1. The molecule has 1 aliphatic heterocycles. The van der Waals surface area contributed by atoms with Crippen LogP contribution in [-0.2, 0) is 16.1 Å². The topological polar surface area (TPSA) is 54.5 Å². The SMILES string of the molecule is Cc1ccccc1CNC(=O)C(C)N1CCOC(c2nccs2)C1. The number of benzene rings is 1. The first kappa shape index (κ1) is 17.1. The number of nitrogens with zero attached hydrogens (tertiary/aromatic N) is 2. The molecule has 2 unspecified atom stereocenters. The molecule has 6 heteroatoms. The Hall–Kier alpha value is -1.76. The molecule has 1 amide bonds. The summed E-state index contributed by atoms with van der Waals surface area (Å²) in [5.74, 6) is 0.0537. The molecule has 1 saturated heterocycles. The summed E-state index contributed by atoms with van der Waals surface area (Å²) in [7, 11) is 0. The molecule has 0 radical (unpaired) electrons. The van der Waals surface area contributed by atoms with Gasteiger partial charge in [0.15, 0.2) is 0 Å². The summed E-state index contributed by atoms with van der Waals surface area (Å²) >= 11 is 1.60. The molecule has 128 valence electrons. The van der Waals surface area contributed by atoms with Gasteiger partial charge in [-0.3, -0.25) is 9.69 Å². The Labute approximate surface area is 146 Å². The minimum absolute atomic E-state index is 0.0367. The first-order valence-corrected chi connectivity index (χ1v) is 9.10. The van der Waals surface area contributed by atoms with Gasteiger partial charge >= 0.3 is 0 Å². The van der Waals surface area contributed by atoms with E-state index in [4.69, 9.17) is 4.74 Å². The van der Waals surface area contributed by atoms with Gasteiger partial charge in [0.1, 0.15) is 11.1 Å². The zero-order valence-electron chi connectivity index (χ0n) is 14.1. The summed E-state index contributed by atoms with van der Waals surface area (Å²) in [6, 6.07) is 7.94. The van der Waals surface area contributed by atoms with Crippen LogP contribution >= 0.6 is 11.3 Å². The molecule has 1 N–H and O–H groups in total. The molecule has 1 aliphatic rings. The minimum Gasteiger partial charge on any atom is -0.368 e. The molecule has 24 heavy (non-hydrogen) atoms. The molecule has 2 heterocycles. The highest BCUT2D eigenvalue weighted by molar-refractivity contribution is 7.09. The standard InChI is InChI=1S/C18H23N3O2S/c1-13-5-3-4-6-15(13)11-20-17(22)14(2)21-8-9-23-16(12-21)18-19-7-10-24-18/h3-7,10,14,16H,8-9,11-12H2,1-2H3,(H,20,22). The third-order valence-corrected chi connectivity index (χ3v) is 5.33. The minimum atomic E-state index is -0.180. The van der Waals surface area contributed by atoms with Crippen LogP contribution in [0.4, 0.5) is 0 Å². The van der Waals surface area contributed by atoms with Gasteiger partial charge in [0, 0.05) is 31.2 Å². The monoisotopic (exact) mass is 345 g/mol. The summed E-state index contributed by atoms with van der Waals surface area (Å²) in [4.78, 5) is 19.0. The summed E-state index contributed by atoms with van der Waals surface area (Å²) in [6.45, 7) is 6.67. The lowest BCUT2D eigenvalue weighted by Gasteiger charge is -2.35. The second kappa shape index (κ2) is 7.88. The van der Waals surface area contributed by atoms with Gasteiger partial charge in [0.05, 0.1) is 12.6 Å². The second-order valence-electron chi connectivity index (χ2n) is 6.04. The van der Waals surface area contributed by atoms with Gasteiger partial charge in [-0.2, -0.15) is 0 Å². The Morgan fingerprint density at radius 1 is 1.50 bits per heavy atom. The number of hydrogen-bond acceptors (Lipinski definition) is 5. The van der Waals surface area contributed by atoms with Gasteiger partial charge in [0.25, 0.3) is 0 Å². The van der Waals surface area contributed by atoms with Crippen molar-refractivity contribution in [3.05, 3.63) is 52.0 Å². The van der Waals surface area contributed by atoms with Crippen LogP contribution in [0.3, 0.4) is 0 Å². The average Bonchev–Trinajstić information content (AvgIpc) is 3.15. The van der Waals surface area contributed by atoms with Crippen LogP contribution in [-0.4, -0.2) is 41.5 Å². The Balaban J connectivity index is 1.56. The Kier molecular flexibility index (Phi) is 5.60. The van der Waals surface area contributed by atoms with Crippen molar-refractivity contribution < 1.29 is 9.53 Å². The lowest BCUT2D eigenvalue weighted by Crippen LogP contribution is -2.50. The van der Waals surface area contributed by atoms with Crippen molar-refractivity contribution in [2.45, 2.75) is 32.5 Å². The van der Waals surface area contributed by atoms with E-state index in [0.717, 1.165) is 17.1 Å². The van der Waals surface area contributed by atoms with E-state index < -0.39 is 0 Å². The van der Waals surface area contributed by atoms with Gasteiger partial charge in [-0.15, -0.1) is 11.3 Å². The van der Waals surface area contributed by atoms with Crippen LogP contribution < -0.4 is 5.32 Å². The van der Waals surface area contributed by atoms with Crippen LogP contribution in [0.2, 0.25) is 0 Å². The molecule has 2 atom stereocenters. The summed E-state index contributed by atoms with van der Waals surface area (Å²) < 4.78 is 5.80. The Morgan fingerprint density at radius 2 is 2.33 bits per heavy atom. The number of aryl methyl sites for hydroxylation is 1. The fourth-order valence-electron chi connectivity index (χ4n) is 2.87. The number of hydrogen-bond donors (Lipinski definition) is 1. The molecular formula is C18H23N3O2S. The van der Waals surface area contributed by atoms with Crippen LogP contribution in [0.15, 0.2) is 35.8 Å². The smallest absolute Gasteiger partial charge is 0.237 e. The van der Waals surface area contributed by atoms with Crippen molar-refractivity contribution in [3.8, 4) is 0 Å². The summed E-state index contributed by atoms with van der Waals surface area (Å²) in [6.07, 6.45) is 1.76. The van der Waals surface area contributed by atoms with Gasteiger partial charge < -0.3 is 10.1 Å². The zero-order valence-corrected chi connectivity index (χ0v) is 14.9. The summed E-state index contributed by atoms with van der Waals surface area (Å²) in [5, 5.41) is 5.99. The molecule has 0 saturated carbocycles. The van der Waals surface area contributed by atoms with Crippen LogP contribution in [0.5, 0.6) is 0 Å². The predicted octanol–water partition coefficient (Wildman–Crippen LogP) is 2.53. The fourth-order valence-corrected chi connectivity index (χ4v) is 3.55. The number of amides is 1. The van der Waals surface area contributed by atoms with E-state index in [-0.39, 0.29) is 18.1 Å². The van der Waals surface area contributed by atoms with Crippen LogP contribution in [0.25, 0.3) is 0 Å². The first-order chi connectivity index (χ1) is 11.6. The number of ether oxygens (including phenoxy) is 1. The van der Waals surface area contributed by atoms with Gasteiger partial charge in [-0.25, -0.2) is 4.98 Å². The second-order valence-corrected chi connectivity index (χ2v) is 6.97. The number of carbonyl (C=O) groups is 1. The highest BCUT2D eigenvalue weighted by Crippen LogP contribution is 2.24. The zero-order chi connectivity index (χ0) is 16.9. The maximum absolute atomic E-state index is 12.5. The molecule has 5 nitrogen and oxygen atoms in total. The van der Waals surface area contributed by atoms with Gasteiger partial charge in [0.2, 0.25) is 5.91 Å². The van der Waals surface area contributed by atoms with Crippen molar-refractivity contribution in [2.75, 3.05) is 19.7 Å². The normalized spacial score (nSPS) is 19.8. The fraction of sp³-hybridized carbons (Fsp3) is 0.444. The number of thiazole rings is 1. The molecule has 1 aromatic carbocycles. The molecule has 0 aliphatic carbocycles. The van der Waals surface area contributed by atoms with Gasteiger partial charge in [-0.1, -0.05) is 24.3 Å². The number of rotatable bonds is 5. The van der Waals surface area contributed by atoms with Crippen molar-refractivity contribution in [1.29, 1.82) is 0 Å². The Bertz CT molecular complexity index is 675. The van der Waals surface area contributed by atoms with E-state index in [2.05, 4.69) is 28.2 Å². The van der Waals surface area contributed by atoms with Crippen molar-refractivity contribution >= 4 is 17.2 Å². The van der Waals surface area contributed by atoms with E-state index in [9.17, 15) is 4.79 Å². The van der Waals surface area contributed by atoms with E-state index in [0.29, 0.717) is 19.7 Å². The summed E-state index contributed by atoms with van der Waals surface area (Å²) in [5.41, 5.74) is 2.35. The molecule has 0 bridgehead atoms. The van der Waals surface area contributed by atoms with Crippen LogP contribution in [0.1, 0.15) is 29.2 Å². The third kappa shape index (κ3) is 4.01. The van der Waals surface area contributed by atoms with E-state index in [1.54, 1.807) is 17.5 Å². The van der Waals surface area contributed by atoms with Crippen molar-refractivity contribution in [1.82, 2.24) is 15.2 Å². The lowest BCUT2D eigenvalue weighted by molar-refractivity contribution is -0.129. The van der Waals surface area contributed by atoms with Crippen molar-refractivity contribution in [2.24, 2.45) is 0 Å². The Morgan fingerprint density at radius 3 is 3.08 bits per heavy atom. The molecule has 1 fully saturated rings. The number of morpholine rings is 1. The predicted molar refractivity (Wildman–Crippen MR) is 94.9 cm³/mol. The maximum Gasteiger partial charge on any atom is 0.237 e.